The fourth-order valence-corrected chi connectivity index (χ4v) is 5.23. The summed E-state index contributed by atoms with van der Waals surface area (Å²) >= 11 is 0. The van der Waals surface area contributed by atoms with Crippen molar-refractivity contribution in [3.8, 4) is 5.75 Å². The van der Waals surface area contributed by atoms with Gasteiger partial charge >= 0.3 is 6.18 Å². The summed E-state index contributed by atoms with van der Waals surface area (Å²) in [6, 6.07) is 5.06. The van der Waals surface area contributed by atoms with Crippen molar-refractivity contribution in [1.29, 1.82) is 0 Å². The van der Waals surface area contributed by atoms with Crippen molar-refractivity contribution in [1.82, 2.24) is 19.7 Å². The van der Waals surface area contributed by atoms with Crippen molar-refractivity contribution < 1.29 is 22.3 Å². The summed E-state index contributed by atoms with van der Waals surface area (Å²) in [5, 5.41) is 5.95. The number of alkyl halides is 3. The number of aromatic nitrogens is 3. The maximum Gasteiger partial charge on any atom is 0.419 e. The molecule has 1 saturated carbocycles. The van der Waals surface area contributed by atoms with Gasteiger partial charge in [0.25, 0.3) is 0 Å². The van der Waals surface area contributed by atoms with Gasteiger partial charge in [-0.2, -0.15) is 18.3 Å². The number of nitrogens with two attached hydrogens (primary N) is 1. The van der Waals surface area contributed by atoms with Gasteiger partial charge in [-0.1, -0.05) is 13.0 Å². The average Bonchev–Trinajstić information content (AvgIpc) is 3.23. The number of benzene rings is 1. The van der Waals surface area contributed by atoms with Crippen molar-refractivity contribution in [2.45, 2.75) is 50.9 Å². The largest absolute Gasteiger partial charge is 0.487 e. The molecular weight excluding hydrogens is 476 g/mol. The number of anilines is 2. The Bertz CT molecular complexity index is 1210. The Morgan fingerprint density at radius 1 is 1.08 bits per heavy atom. The molecule has 2 aliphatic rings. The third kappa shape index (κ3) is 4.80. The predicted molar refractivity (Wildman–Crippen MR) is 130 cm³/mol. The lowest BCUT2D eigenvalue weighted by molar-refractivity contribution is -0.140. The first-order valence-corrected chi connectivity index (χ1v) is 12.4. The van der Waals surface area contributed by atoms with Crippen LogP contribution in [0.25, 0.3) is 10.9 Å². The summed E-state index contributed by atoms with van der Waals surface area (Å²) in [4.78, 5) is 8.98. The van der Waals surface area contributed by atoms with Crippen LogP contribution in [0, 0.1) is 5.82 Å². The molecule has 1 aliphatic heterocycles. The minimum absolute atomic E-state index is 0.0752. The monoisotopic (exact) mass is 506 g/mol. The molecule has 1 aromatic carbocycles. The topological polar surface area (TPSA) is 72.4 Å². The van der Waals surface area contributed by atoms with E-state index in [9.17, 15) is 17.6 Å². The number of likely N-dealkylation sites (N-methyl/N-ethyl adjacent to an activating group) is 1. The van der Waals surface area contributed by atoms with Crippen molar-refractivity contribution in [3.63, 3.8) is 0 Å². The standard InChI is InChI=1S/C25H30F4N6O/c1-2-33-10-12-34(13-11-33)24-18-15-31-22(30)14-20(18)35(32-24)16-6-8-17(9-7-16)36-21-5-3-4-19(23(21)26)25(27,28)29/h3-5,14-17H,2,6-13H2,1H3,(H2,30,31). The second-order valence-corrected chi connectivity index (χ2v) is 9.48. The maximum atomic E-state index is 14.4. The van der Waals surface area contributed by atoms with E-state index in [1.165, 1.54) is 12.1 Å². The molecule has 2 N–H and O–H groups in total. The van der Waals surface area contributed by atoms with Gasteiger partial charge in [0.05, 0.1) is 28.6 Å². The first-order chi connectivity index (χ1) is 17.2. The fraction of sp³-hybridized carbons (Fsp3) is 0.520. The molecule has 3 aromatic rings. The summed E-state index contributed by atoms with van der Waals surface area (Å²) in [6.45, 7) is 6.90. The summed E-state index contributed by atoms with van der Waals surface area (Å²) < 4.78 is 61.3. The number of fused-ring (bicyclic) bond motifs is 1. The van der Waals surface area contributed by atoms with Crippen LogP contribution in [0.1, 0.15) is 44.2 Å². The van der Waals surface area contributed by atoms with Gasteiger partial charge in [0.15, 0.2) is 17.4 Å². The number of halogens is 4. The highest BCUT2D eigenvalue weighted by Crippen LogP contribution is 2.38. The second kappa shape index (κ2) is 9.76. The van der Waals surface area contributed by atoms with Crippen LogP contribution < -0.4 is 15.4 Å². The maximum absolute atomic E-state index is 14.4. The van der Waals surface area contributed by atoms with E-state index in [-0.39, 0.29) is 17.9 Å². The quantitative estimate of drug-likeness (QED) is 0.498. The minimum Gasteiger partial charge on any atom is -0.487 e. The van der Waals surface area contributed by atoms with Gasteiger partial charge in [-0.25, -0.2) is 9.37 Å². The van der Waals surface area contributed by atoms with Gasteiger partial charge in [0.1, 0.15) is 5.82 Å². The first-order valence-electron chi connectivity index (χ1n) is 12.4. The smallest absolute Gasteiger partial charge is 0.419 e. The third-order valence-corrected chi connectivity index (χ3v) is 7.26. The highest BCUT2D eigenvalue weighted by molar-refractivity contribution is 5.91. The molecule has 0 unspecified atom stereocenters. The Labute approximate surface area is 206 Å². The minimum atomic E-state index is -4.76. The first kappa shape index (κ1) is 24.6. The van der Waals surface area contributed by atoms with Crippen LogP contribution >= 0.6 is 0 Å². The number of hydrogen-bond acceptors (Lipinski definition) is 6. The van der Waals surface area contributed by atoms with Gasteiger partial charge < -0.3 is 20.3 Å². The summed E-state index contributed by atoms with van der Waals surface area (Å²) in [6.07, 6.45) is -0.796. The molecule has 0 spiro atoms. The van der Waals surface area contributed by atoms with Gasteiger partial charge in [-0.15, -0.1) is 0 Å². The van der Waals surface area contributed by atoms with E-state index in [1.54, 1.807) is 6.20 Å². The van der Waals surface area contributed by atoms with Crippen molar-refractivity contribution >= 4 is 22.5 Å². The van der Waals surface area contributed by atoms with E-state index in [2.05, 4.69) is 21.7 Å². The average molecular weight is 507 g/mol. The van der Waals surface area contributed by atoms with Crippen LogP contribution in [0.3, 0.4) is 0 Å². The molecule has 2 fully saturated rings. The Balaban J connectivity index is 1.32. The van der Waals surface area contributed by atoms with E-state index >= 15 is 0 Å². The van der Waals surface area contributed by atoms with Crippen molar-refractivity contribution in [3.05, 3.63) is 41.8 Å². The predicted octanol–water partition coefficient (Wildman–Crippen LogP) is 4.88. The van der Waals surface area contributed by atoms with Crippen molar-refractivity contribution in [2.75, 3.05) is 43.4 Å². The number of piperazine rings is 1. The summed E-state index contributed by atoms with van der Waals surface area (Å²) in [7, 11) is 0. The molecule has 5 rings (SSSR count). The number of hydrogen-bond donors (Lipinski definition) is 1. The third-order valence-electron chi connectivity index (χ3n) is 7.26. The molecule has 1 saturated heterocycles. The van der Waals surface area contributed by atoms with Gasteiger partial charge in [0, 0.05) is 38.4 Å². The zero-order chi connectivity index (χ0) is 25.4. The lowest BCUT2D eigenvalue weighted by Crippen LogP contribution is -2.46. The highest BCUT2D eigenvalue weighted by Gasteiger charge is 2.36. The Kier molecular flexibility index (Phi) is 6.67. The lowest BCUT2D eigenvalue weighted by atomic mass is 9.93. The van der Waals surface area contributed by atoms with Crippen LogP contribution in [0.5, 0.6) is 5.75 Å². The number of pyridine rings is 1. The fourth-order valence-electron chi connectivity index (χ4n) is 5.23. The summed E-state index contributed by atoms with van der Waals surface area (Å²) in [5.41, 5.74) is 5.61. The van der Waals surface area contributed by atoms with Gasteiger partial charge in [-0.05, 0) is 44.4 Å². The number of nitrogen functional groups attached to an aromatic ring is 1. The van der Waals surface area contributed by atoms with E-state index < -0.39 is 17.6 Å². The number of ether oxygens (including phenoxy) is 1. The lowest BCUT2D eigenvalue weighted by Gasteiger charge is -2.34. The van der Waals surface area contributed by atoms with E-state index in [1.807, 2.05) is 10.7 Å². The molecule has 1 aliphatic carbocycles. The summed E-state index contributed by atoms with van der Waals surface area (Å²) in [5.74, 6) is -0.396. The molecule has 0 amide bonds. The highest BCUT2D eigenvalue weighted by atomic mass is 19.4. The zero-order valence-electron chi connectivity index (χ0n) is 20.1. The zero-order valence-corrected chi connectivity index (χ0v) is 20.1. The molecular formula is C25H30F4N6O. The van der Waals surface area contributed by atoms with Gasteiger partial charge in [0.2, 0.25) is 0 Å². The SMILES string of the molecule is CCN1CCN(c2nn(C3CCC(Oc4cccc(C(F)(F)F)c4F)CC3)c3cc(N)ncc23)CC1. The van der Waals surface area contributed by atoms with E-state index in [4.69, 9.17) is 15.6 Å². The van der Waals surface area contributed by atoms with Crippen LogP contribution in [-0.4, -0.2) is 58.5 Å². The molecule has 7 nitrogen and oxygen atoms in total. The van der Waals surface area contributed by atoms with E-state index in [0.29, 0.717) is 31.5 Å². The molecule has 0 bridgehead atoms. The van der Waals surface area contributed by atoms with Crippen LogP contribution in [-0.2, 0) is 6.18 Å². The molecule has 0 radical (unpaired) electrons. The van der Waals surface area contributed by atoms with Crippen LogP contribution in [0.4, 0.5) is 29.2 Å². The van der Waals surface area contributed by atoms with Crippen LogP contribution in [0.15, 0.2) is 30.5 Å². The molecule has 11 heteroatoms. The Hall–Kier alpha value is -3.08. The van der Waals surface area contributed by atoms with Crippen molar-refractivity contribution in [2.24, 2.45) is 0 Å². The number of rotatable bonds is 5. The molecule has 194 valence electrons. The second-order valence-electron chi connectivity index (χ2n) is 9.48. The molecule has 2 aromatic heterocycles. The normalized spacial score (nSPS) is 21.8. The molecule has 0 atom stereocenters. The Morgan fingerprint density at radius 3 is 2.47 bits per heavy atom. The Morgan fingerprint density at radius 2 is 1.81 bits per heavy atom. The molecule has 3 heterocycles. The number of nitrogens with zero attached hydrogens (tertiary/aromatic N) is 5. The van der Waals surface area contributed by atoms with E-state index in [0.717, 1.165) is 55.5 Å². The van der Waals surface area contributed by atoms with Gasteiger partial charge in [-0.3, -0.25) is 4.68 Å². The van der Waals surface area contributed by atoms with Crippen LogP contribution in [0.2, 0.25) is 0 Å². The molecule has 36 heavy (non-hydrogen) atoms.